The van der Waals surface area contributed by atoms with Crippen LogP contribution in [0.3, 0.4) is 0 Å². The number of likely N-dealkylation sites (N-methyl/N-ethyl adjacent to an activating group) is 1. The Morgan fingerprint density at radius 3 is 2.86 bits per heavy atom. The molecule has 1 heterocycles. The number of ether oxygens (including phenoxy) is 1. The molecule has 0 saturated heterocycles. The van der Waals surface area contributed by atoms with Gasteiger partial charge in [-0.05, 0) is 54.5 Å². The summed E-state index contributed by atoms with van der Waals surface area (Å²) < 4.78 is 11.9. The molecule has 0 amide bonds. The molecule has 0 aliphatic heterocycles. The van der Waals surface area contributed by atoms with Crippen LogP contribution in [0.15, 0.2) is 27.2 Å². The van der Waals surface area contributed by atoms with E-state index in [1.165, 1.54) is 5.56 Å². The summed E-state index contributed by atoms with van der Waals surface area (Å²) in [6.45, 7) is 4.62. The van der Waals surface area contributed by atoms with Crippen LogP contribution in [-0.4, -0.2) is 29.8 Å². The Balaban J connectivity index is 0.00000242. The maximum atomic E-state index is 5.72. The first-order valence-corrected chi connectivity index (χ1v) is 7.75. The van der Waals surface area contributed by atoms with E-state index in [2.05, 4.69) is 38.3 Å². The minimum Gasteiger partial charge on any atom is -0.492 e. The number of rotatable bonds is 7. The van der Waals surface area contributed by atoms with E-state index < -0.39 is 0 Å². The summed E-state index contributed by atoms with van der Waals surface area (Å²) in [5.41, 5.74) is 1.19. The Bertz CT molecular complexity index is 592. The van der Waals surface area contributed by atoms with E-state index in [9.17, 15) is 0 Å². The highest BCUT2D eigenvalue weighted by molar-refractivity contribution is 9.10. The van der Waals surface area contributed by atoms with E-state index in [1.807, 2.05) is 32.2 Å². The number of hydrogen-bond acceptors (Lipinski definition) is 5. The average molecular weight is 391 g/mol. The van der Waals surface area contributed by atoms with E-state index >= 15 is 0 Å². The van der Waals surface area contributed by atoms with Crippen LogP contribution < -0.4 is 10.1 Å². The summed E-state index contributed by atoms with van der Waals surface area (Å²) in [5, 5.41) is 7.11. The van der Waals surface area contributed by atoms with Gasteiger partial charge in [-0.2, -0.15) is 4.98 Å². The van der Waals surface area contributed by atoms with E-state index in [4.69, 9.17) is 9.26 Å². The lowest BCUT2D eigenvalue weighted by atomic mass is 10.2. The Hall–Kier alpha value is -1.11. The lowest BCUT2D eigenvalue weighted by Crippen LogP contribution is -2.24. The third kappa shape index (κ3) is 5.59. The van der Waals surface area contributed by atoms with Gasteiger partial charge in [-0.3, -0.25) is 0 Å². The average Bonchev–Trinajstić information content (AvgIpc) is 2.88. The molecule has 0 spiro atoms. The van der Waals surface area contributed by atoms with Crippen molar-refractivity contribution in [2.75, 3.05) is 13.7 Å². The van der Waals surface area contributed by atoms with Gasteiger partial charge in [0, 0.05) is 12.5 Å². The molecule has 1 aromatic carbocycles. The number of aromatic nitrogens is 2. The molecule has 22 heavy (non-hydrogen) atoms. The number of aryl methyl sites for hydroxylation is 1. The molecule has 7 heteroatoms. The number of nitrogens with one attached hydrogen (secondary N) is 1. The van der Waals surface area contributed by atoms with Crippen LogP contribution in [0.1, 0.15) is 24.2 Å². The van der Waals surface area contributed by atoms with Crippen molar-refractivity contribution in [1.82, 2.24) is 15.5 Å². The first-order valence-electron chi connectivity index (χ1n) is 6.96. The Morgan fingerprint density at radius 1 is 1.41 bits per heavy atom. The smallest absolute Gasteiger partial charge is 0.230 e. The van der Waals surface area contributed by atoms with Crippen LogP contribution in [0.4, 0.5) is 0 Å². The maximum absolute atomic E-state index is 5.72. The van der Waals surface area contributed by atoms with Gasteiger partial charge in [0.05, 0.1) is 17.5 Å². The Labute approximate surface area is 145 Å². The molecule has 0 fully saturated rings. The second-order valence-corrected chi connectivity index (χ2v) is 5.88. The molecule has 0 aliphatic rings. The highest BCUT2D eigenvalue weighted by Crippen LogP contribution is 2.25. The van der Waals surface area contributed by atoms with Gasteiger partial charge in [0.2, 0.25) is 5.89 Å². The van der Waals surface area contributed by atoms with Crippen molar-refractivity contribution in [3.63, 3.8) is 0 Å². The first-order chi connectivity index (χ1) is 10.1. The van der Waals surface area contributed by atoms with Crippen molar-refractivity contribution in [1.29, 1.82) is 0 Å². The monoisotopic (exact) mass is 389 g/mol. The van der Waals surface area contributed by atoms with Crippen LogP contribution in [0.5, 0.6) is 5.75 Å². The quantitative estimate of drug-likeness (QED) is 0.786. The molecule has 0 radical (unpaired) electrons. The SMILES string of the molecule is CNC(C)Cc1noc(CCOc2ccc(C)cc2Br)n1.Cl. The summed E-state index contributed by atoms with van der Waals surface area (Å²) in [5.74, 6) is 2.16. The van der Waals surface area contributed by atoms with Crippen LogP contribution in [0, 0.1) is 6.92 Å². The number of hydrogen-bond donors (Lipinski definition) is 1. The maximum Gasteiger partial charge on any atom is 0.230 e. The summed E-state index contributed by atoms with van der Waals surface area (Å²) in [7, 11) is 1.92. The highest BCUT2D eigenvalue weighted by atomic mass is 79.9. The van der Waals surface area contributed by atoms with Gasteiger partial charge < -0.3 is 14.6 Å². The lowest BCUT2D eigenvalue weighted by Gasteiger charge is -2.07. The molecule has 0 aliphatic carbocycles. The van der Waals surface area contributed by atoms with Crippen molar-refractivity contribution in [2.24, 2.45) is 0 Å². The van der Waals surface area contributed by atoms with E-state index in [0.29, 0.717) is 25.0 Å². The molecule has 1 aromatic heterocycles. The predicted molar refractivity (Wildman–Crippen MR) is 91.8 cm³/mol. The molecule has 0 saturated carbocycles. The molecular formula is C15H21BrClN3O2. The predicted octanol–water partition coefficient (Wildman–Crippen LogP) is 3.33. The molecular weight excluding hydrogens is 370 g/mol. The molecule has 0 bridgehead atoms. The van der Waals surface area contributed by atoms with Crippen molar-refractivity contribution < 1.29 is 9.26 Å². The number of halogens is 2. The normalized spacial score (nSPS) is 11.8. The van der Waals surface area contributed by atoms with Gasteiger partial charge >= 0.3 is 0 Å². The zero-order valence-corrected chi connectivity index (χ0v) is 15.3. The van der Waals surface area contributed by atoms with Crippen LogP contribution in [-0.2, 0) is 12.8 Å². The van der Waals surface area contributed by atoms with Gasteiger partial charge in [-0.15, -0.1) is 12.4 Å². The van der Waals surface area contributed by atoms with Crippen LogP contribution >= 0.6 is 28.3 Å². The number of nitrogens with zero attached hydrogens (tertiary/aromatic N) is 2. The van der Waals surface area contributed by atoms with E-state index in [0.717, 1.165) is 22.5 Å². The summed E-state index contributed by atoms with van der Waals surface area (Å²) in [6, 6.07) is 6.33. The van der Waals surface area contributed by atoms with Gasteiger partial charge in [0.1, 0.15) is 5.75 Å². The fraction of sp³-hybridized carbons (Fsp3) is 0.467. The van der Waals surface area contributed by atoms with Gasteiger partial charge in [-0.1, -0.05) is 11.2 Å². The van der Waals surface area contributed by atoms with Crippen LogP contribution in [0.25, 0.3) is 0 Å². The zero-order valence-electron chi connectivity index (χ0n) is 12.9. The molecule has 1 atom stereocenters. The fourth-order valence-corrected chi connectivity index (χ4v) is 2.43. The molecule has 5 nitrogen and oxygen atoms in total. The third-order valence-corrected chi connectivity index (χ3v) is 3.77. The molecule has 2 rings (SSSR count). The Kier molecular flexibility index (Phi) is 7.85. The molecule has 122 valence electrons. The van der Waals surface area contributed by atoms with Crippen molar-refractivity contribution in [2.45, 2.75) is 32.7 Å². The molecule has 1 unspecified atom stereocenters. The lowest BCUT2D eigenvalue weighted by molar-refractivity contribution is 0.290. The van der Waals surface area contributed by atoms with Crippen molar-refractivity contribution >= 4 is 28.3 Å². The van der Waals surface area contributed by atoms with Gasteiger partial charge in [0.25, 0.3) is 0 Å². The van der Waals surface area contributed by atoms with Gasteiger partial charge in [0.15, 0.2) is 5.82 Å². The minimum absolute atomic E-state index is 0. The summed E-state index contributed by atoms with van der Waals surface area (Å²) in [6.07, 6.45) is 1.35. The van der Waals surface area contributed by atoms with E-state index in [-0.39, 0.29) is 12.4 Å². The van der Waals surface area contributed by atoms with Gasteiger partial charge in [-0.25, -0.2) is 0 Å². The van der Waals surface area contributed by atoms with Crippen molar-refractivity contribution in [3.8, 4) is 5.75 Å². The largest absolute Gasteiger partial charge is 0.492 e. The first kappa shape index (κ1) is 18.9. The Morgan fingerprint density at radius 2 is 2.18 bits per heavy atom. The van der Waals surface area contributed by atoms with Crippen molar-refractivity contribution in [3.05, 3.63) is 40.0 Å². The summed E-state index contributed by atoms with van der Waals surface area (Å²) in [4.78, 5) is 4.36. The molecule has 1 N–H and O–H groups in total. The second kappa shape index (κ2) is 9.12. The standard InChI is InChI=1S/C15H20BrN3O2.ClH/c1-10-4-5-13(12(16)8-10)20-7-6-15-18-14(19-21-15)9-11(2)17-3;/h4-5,8,11,17H,6-7,9H2,1-3H3;1H. The van der Waals surface area contributed by atoms with Crippen LogP contribution in [0.2, 0.25) is 0 Å². The third-order valence-electron chi connectivity index (χ3n) is 3.15. The highest BCUT2D eigenvalue weighted by Gasteiger charge is 2.10. The molecule has 2 aromatic rings. The second-order valence-electron chi connectivity index (χ2n) is 5.03. The zero-order chi connectivity index (χ0) is 15.2. The minimum atomic E-state index is 0. The summed E-state index contributed by atoms with van der Waals surface area (Å²) >= 11 is 3.49. The topological polar surface area (TPSA) is 60.2 Å². The van der Waals surface area contributed by atoms with E-state index in [1.54, 1.807) is 0 Å². The fourth-order valence-electron chi connectivity index (χ4n) is 1.82. The number of benzene rings is 1.